The fourth-order valence-electron chi connectivity index (χ4n) is 1.24. The van der Waals surface area contributed by atoms with Crippen LogP contribution in [0.5, 0.6) is 0 Å². The Bertz CT molecular complexity index is 260. The number of thioether (sulfide) groups is 1. The Balaban J connectivity index is 0.00000196. The van der Waals surface area contributed by atoms with Crippen molar-refractivity contribution in [3.05, 3.63) is 0 Å². The fourth-order valence-corrected chi connectivity index (χ4v) is 2.47. The predicted molar refractivity (Wildman–Crippen MR) is 54.0 cm³/mol. The molecular weight excluding hydrogens is 241 g/mol. The Labute approximate surface area is 136 Å². The molecule has 1 unspecified atom stereocenters. The van der Waals surface area contributed by atoms with E-state index in [1.54, 1.807) is 7.05 Å². The van der Waals surface area contributed by atoms with Gasteiger partial charge < -0.3 is 10.1 Å². The number of ketones is 2. The third kappa shape index (κ3) is 5.21. The smallest absolute Gasteiger partial charge is 0.540 e. The molecular formula is C9H12KNO3S. The van der Waals surface area contributed by atoms with Gasteiger partial charge in [-0.25, -0.2) is 6.29 Å². The van der Waals surface area contributed by atoms with Crippen LogP contribution in [0.1, 0.15) is 12.8 Å². The van der Waals surface area contributed by atoms with E-state index >= 15 is 0 Å². The molecule has 0 amide bonds. The number of carbonyl (C=O) groups is 2. The van der Waals surface area contributed by atoms with E-state index in [2.05, 4.69) is 5.32 Å². The zero-order valence-corrected chi connectivity index (χ0v) is 12.8. The first-order valence-corrected chi connectivity index (χ1v) is 5.43. The molecule has 78 valence electrons. The first-order chi connectivity index (χ1) is 6.67. The van der Waals surface area contributed by atoms with Gasteiger partial charge in [-0.15, -0.1) is 0 Å². The molecule has 1 aliphatic rings. The summed E-state index contributed by atoms with van der Waals surface area (Å²) in [6.07, 6.45) is 2.20. The summed E-state index contributed by atoms with van der Waals surface area (Å²) in [7, 11) is 1.66. The van der Waals surface area contributed by atoms with Gasteiger partial charge in [0.1, 0.15) is 5.78 Å². The Morgan fingerprint density at radius 2 is 2.27 bits per heavy atom. The number of likely N-dealkylation sites (N-methyl/N-ethyl adjacent to an activating group) is 1. The van der Waals surface area contributed by atoms with Crippen LogP contribution in [0.3, 0.4) is 0 Å². The molecule has 0 radical (unpaired) electrons. The van der Waals surface area contributed by atoms with Crippen LogP contribution >= 0.6 is 11.8 Å². The summed E-state index contributed by atoms with van der Waals surface area (Å²) in [6.45, 7) is 0. The minimum Gasteiger partial charge on any atom is -0.540 e. The molecule has 0 aromatic carbocycles. The molecule has 0 saturated heterocycles. The van der Waals surface area contributed by atoms with Gasteiger partial charge in [-0.3, -0.25) is 9.59 Å². The molecule has 0 aliphatic heterocycles. The van der Waals surface area contributed by atoms with Crippen LogP contribution in [0.4, 0.5) is 0 Å². The second-order valence-electron chi connectivity index (χ2n) is 3.17. The van der Waals surface area contributed by atoms with Gasteiger partial charge in [0.2, 0.25) is 0 Å². The van der Waals surface area contributed by atoms with Crippen molar-refractivity contribution in [3.63, 3.8) is 0 Å². The molecule has 2 atom stereocenters. The molecule has 1 aliphatic carbocycles. The summed E-state index contributed by atoms with van der Waals surface area (Å²) >= 11 is 1.36. The van der Waals surface area contributed by atoms with Crippen molar-refractivity contribution in [2.45, 2.75) is 24.1 Å². The van der Waals surface area contributed by atoms with Crippen LogP contribution in [0, 0.1) is 0 Å². The maximum atomic E-state index is 11.2. The number of carbonyl (C=O) groups excluding carboxylic acids is 3. The quantitative estimate of drug-likeness (QED) is 0.316. The number of hydrogen-bond acceptors (Lipinski definition) is 5. The number of hydrogen-bond donors (Lipinski definition) is 1. The maximum Gasteiger partial charge on any atom is 1.00 e. The van der Waals surface area contributed by atoms with Crippen LogP contribution < -0.4 is 56.7 Å². The minimum atomic E-state index is -0.358. The number of Topliss-reactive ketones (excluding diaryl/α,β-unsaturated/α-hetero) is 2. The van der Waals surface area contributed by atoms with Crippen LogP contribution in [0.2, 0.25) is 0 Å². The van der Waals surface area contributed by atoms with Gasteiger partial charge in [-0.2, -0.15) is 11.8 Å². The van der Waals surface area contributed by atoms with E-state index in [-0.39, 0.29) is 80.7 Å². The monoisotopic (exact) mass is 253 g/mol. The van der Waals surface area contributed by atoms with Gasteiger partial charge in [0.15, 0.2) is 5.78 Å². The molecule has 0 aromatic rings. The third-order valence-corrected chi connectivity index (χ3v) is 3.46. The number of nitrogens with one attached hydrogen (secondary N) is 1. The van der Waals surface area contributed by atoms with E-state index in [0.29, 0.717) is 12.2 Å². The van der Waals surface area contributed by atoms with Gasteiger partial charge >= 0.3 is 51.4 Å². The summed E-state index contributed by atoms with van der Waals surface area (Å²) in [5.41, 5.74) is 0. The second kappa shape index (κ2) is 8.11. The van der Waals surface area contributed by atoms with Crippen molar-refractivity contribution in [2.75, 3.05) is 12.8 Å². The van der Waals surface area contributed by atoms with Crippen molar-refractivity contribution in [2.24, 2.45) is 0 Å². The standard InChI is InChI=1S/C9H12NO3S.K/c1-10-6(4-11)5-14-9-3-7(12)2-8(9)13;/h6,9-10H,2-3,5H2,1H3;/q-1;+1/t6-,9?;/m1./s1. The van der Waals surface area contributed by atoms with Crippen molar-refractivity contribution < 1.29 is 65.8 Å². The average molecular weight is 253 g/mol. The molecule has 0 aromatic heterocycles. The summed E-state index contributed by atoms with van der Waals surface area (Å²) in [4.78, 5) is 32.5. The van der Waals surface area contributed by atoms with E-state index in [4.69, 9.17) is 0 Å². The first-order valence-electron chi connectivity index (χ1n) is 4.38. The molecule has 0 heterocycles. The van der Waals surface area contributed by atoms with E-state index < -0.39 is 0 Å². The molecule has 0 spiro atoms. The van der Waals surface area contributed by atoms with Gasteiger partial charge in [0.05, 0.1) is 11.7 Å². The second-order valence-corrected chi connectivity index (χ2v) is 4.40. The maximum absolute atomic E-state index is 11.2. The van der Waals surface area contributed by atoms with Crippen molar-refractivity contribution in [1.29, 1.82) is 0 Å². The summed E-state index contributed by atoms with van der Waals surface area (Å²) in [5, 5.41) is 2.52. The first kappa shape index (κ1) is 16.0. The molecule has 15 heavy (non-hydrogen) atoms. The van der Waals surface area contributed by atoms with Crippen molar-refractivity contribution in [3.8, 4) is 0 Å². The summed E-state index contributed by atoms with van der Waals surface area (Å²) in [6, 6.07) is -0.358. The van der Waals surface area contributed by atoms with Crippen molar-refractivity contribution >= 4 is 29.6 Å². The van der Waals surface area contributed by atoms with Gasteiger partial charge in [-0.1, -0.05) is 6.04 Å². The van der Waals surface area contributed by atoms with Gasteiger partial charge in [0.25, 0.3) is 0 Å². The van der Waals surface area contributed by atoms with E-state index in [9.17, 15) is 14.4 Å². The number of rotatable bonds is 5. The normalized spacial score (nSPS) is 22.3. The molecule has 1 saturated carbocycles. The Morgan fingerprint density at radius 1 is 1.60 bits per heavy atom. The third-order valence-electron chi connectivity index (χ3n) is 2.10. The van der Waals surface area contributed by atoms with Crippen LogP contribution in [0.25, 0.3) is 0 Å². The van der Waals surface area contributed by atoms with E-state index in [1.165, 1.54) is 11.8 Å². The van der Waals surface area contributed by atoms with E-state index in [1.807, 2.05) is 6.29 Å². The summed E-state index contributed by atoms with van der Waals surface area (Å²) < 4.78 is 0. The Morgan fingerprint density at radius 3 is 2.67 bits per heavy atom. The molecule has 0 bridgehead atoms. The SMILES string of the molecule is CN[C@H]([C-]=O)CSC1CC(=O)CC1=O.[K+]. The molecule has 6 heteroatoms. The van der Waals surface area contributed by atoms with Crippen molar-refractivity contribution in [1.82, 2.24) is 5.32 Å². The largest absolute Gasteiger partial charge is 1.00 e. The van der Waals surface area contributed by atoms with Crippen LogP contribution in [-0.4, -0.2) is 41.9 Å². The van der Waals surface area contributed by atoms with Crippen LogP contribution in [0.15, 0.2) is 0 Å². The Kier molecular flexibility index (Phi) is 8.62. The molecule has 1 N–H and O–H groups in total. The minimum absolute atomic E-state index is 0. The summed E-state index contributed by atoms with van der Waals surface area (Å²) in [5.74, 6) is 0.480. The van der Waals surface area contributed by atoms with Crippen LogP contribution in [-0.2, 0) is 14.4 Å². The van der Waals surface area contributed by atoms with Gasteiger partial charge in [0, 0.05) is 6.42 Å². The fraction of sp³-hybridized carbons (Fsp3) is 0.667. The predicted octanol–water partition coefficient (Wildman–Crippen LogP) is -3.28. The van der Waals surface area contributed by atoms with E-state index in [0.717, 1.165) is 0 Å². The molecule has 1 rings (SSSR count). The molecule has 1 fully saturated rings. The molecule has 4 nitrogen and oxygen atoms in total. The zero-order valence-electron chi connectivity index (χ0n) is 8.91. The Hall–Kier alpha value is 0.956. The topological polar surface area (TPSA) is 63.2 Å². The van der Waals surface area contributed by atoms with Gasteiger partial charge in [-0.05, 0) is 12.8 Å². The zero-order chi connectivity index (χ0) is 10.6. The average Bonchev–Trinajstić information content (AvgIpc) is 2.47.